The van der Waals surface area contributed by atoms with E-state index in [-0.39, 0.29) is 35.0 Å². The van der Waals surface area contributed by atoms with Crippen LogP contribution in [0.3, 0.4) is 0 Å². The van der Waals surface area contributed by atoms with Gasteiger partial charge in [0.2, 0.25) is 5.60 Å². The number of carbonyl (C=O) groups is 1. The standard InChI is InChI=1S/C18H19NO5S2/c1-19(22)11-8-10(9-12(19)16-15(11)24-16)23-17(20)18(21,13-4-2-6-25-13)14-5-3-7-26-14/h2-7,10-12,15-16,21H,8-9H2,1H3/t10-,11-,12+,15-,16+,19?. The highest BCUT2D eigenvalue weighted by molar-refractivity contribution is 7.12. The number of morpholine rings is 1. The maximum atomic E-state index is 13.0. The molecule has 8 heteroatoms. The summed E-state index contributed by atoms with van der Waals surface area (Å²) in [5, 5.41) is 27.7. The number of thiophene rings is 2. The molecular weight excluding hydrogens is 374 g/mol. The van der Waals surface area contributed by atoms with Crippen molar-refractivity contribution in [3.05, 3.63) is 50.0 Å². The minimum Gasteiger partial charge on any atom is -0.632 e. The Morgan fingerprint density at radius 3 is 2.23 bits per heavy atom. The number of likely N-dealkylation sites (N-methyl/N-ethyl adjacent to an activating group) is 1. The van der Waals surface area contributed by atoms with Crippen LogP contribution in [-0.2, 0) is 19.9 Å². The van der Waals surface area contributed by atoms with E-state index in [0.717, 1.165) is 0 Å². The highest BCUT2D eigenvalue weighted by Gasteiger charge is 2.69. The molecule has 6 nitrogen and oxygen atoms in total. The highest BCUT2D eigenvalue weighted by atomic mass is 32.1. The van der Waals surface area contributed by atoms with Gasteiger partial charge in [-0.3, -0.25) is 0 Å². The molecule has 3 aliphatic rings. The van der Waals surface area contributed by atoms with Crippen LogP contribution in [0.15, 0.2) is 35.0 Å². The molecule has 0 radical (unpaired) electrons. The van der Waals surface area contributed by atoms with Crippen LogP contribution in [0.4, 0.5) is 0 Å². The summed E-state index contributed by atoms with van der Waals surface area (Å²) in [6.45, 7) is 0. The zero-order valence-corrected chi connectivity index (χ0v) is 15.7. The molecule has 3 saturated heterocycles. The molecule has 0 spiro atoms. The molecule has 6 atom stereocenters. The predicted octanol–water partition coefficient (Wildman–Crippen LogP) is 2.21. The number of carbonyl (C=O) groups excluding carboxylic acids is 1. The van der Waals surface area contributed by atoms with Crippen molar-refractivity contribution in [3.63, 3.8) is 0 Å². The largest absolute Gasteiger partial charge is 0.632 e. The number of hydroxylamine groups is 3. The monoisotopic (exact) mass is 393 g/mol. The number of hydrogen-bond acceptors (Lipinski definition) is 7. The van der Waals surface area contributed by atoms with Gasteiger partial charge in [0.15, 0.2) is 0 Å². The van der Waals surface area contributed by atoms with Crippen molar-refractivity contribution in [2.24, 2.45) is 0 Å². The van der Waals surface area contributed by atoms with Gasteiger partial charge in [-0.05, 0) is 22.9 Å². The molecule has 2 aromatic heterocycles. The van der Waals surface area contributed by atoms with Crippen LogP contribution >= 0.6 is 22.7 Å². The maximum Gasteiger partial charge on any atom is 0.349 e. The lowest BCUT2D eigenvalue weighted by molar-refractivity contribution is -0.911. The summed E-state index contributed by atoms with van der Waals surface area (Å²) in [7, 11) is 1.69. The second-order valence-corrected chi connectivity index (χ2v) is 9.32. The van der Waals surface area contributed by atoms with Gasteiger partial charge in [0.1, 0.15) is 30.4 Å². The zero-order chi connectivity index (χ0) is 18.1. The van der Waals surface area contributed by atoms with Crippen molar-refractivity contribution in [1.29, 1.82) is 0 Å². The molecule has 138 valence electrons. The van der Waals surface area contributed by atoms with Crippen LogP contribution in [0.5, 0.6) is 0 Å². The van der Waals surface area contributed by atoms with Crippen molar-refractivity contribution >= 4 is 28.6 Å². The summed E-state index contributed by atoms with van der Waals surface area (Å²) >= 11 is 2.64. The van der Waals surface area contributed by atoms with Gasteiger partial charge in [-0.25, -0.2) is 4.79 Å². The Labute approximate surface area is 158 Å². The second kappa shape index (κ2) is 5.60. The molecule has 3 aliphatic heterocycles. The summed E-state index contributed by atoms with van der Waals surface area (Å²) in [5.74, 6) is -0.664. The second-order valence-electron chi connectivity index (χ2n) is 7.42. The molecule has 1 N–H and O–H groups in total. The highest BCUT2D eigenvalue weighted by Crippen LogP contribution is 2.52. The first kappa shape index (κ1) is 16.9. The number of nitrogens with zero attached hydrogens (tertiary/aromatic N) is 1. The quantitative estimate of drug-likeness (QED) is 0.373. The van der Waals surface area contributed by atoms with Crippen molar-refractivity contribution in [3.8, 4) is 0 Å². The van der Waals surface area contributed by atoms with E-state index in [4.69, 9.17) is 9.47 Å². The molecule has 5 rings (SSSR count). The summed E-state index contributed by atoms with van der Waals surface area (Å²) in [6.07, 6.45) is 0.600. The predicted molar refractivity (Wildman–Crippen MR) is 96.5 cm³/mol. The first-order valence-electron chi connectivity index (χ1n) is 8.66. The third-order valence-electron chi connectivity index (χ3n) is 5.97. The van der Waals surface area contributed by atoms with Gasteiger partial charge in [0.05, 0.1) is 16.8 Å². The van der Waals surface area contributed by atoms with E-state index in [0.29, 0.717) is 22.6 Å². The molecule has 0 saturated carbocycles. The number of ether oxygens (including phenoxy) is 2. The van der Waals surface area contributed by atoms with Crippen molar-refractivity contribution in [2.45, 2.75) is 48.8 Å². The maximum absolute atomic E-state index is 13.0. The smallest absolute Gasteiger partial charge is 0.349 e. The minimum atomic E-state index is -1.80. The topological polar surface area (TPSA) is 82.1 Å². The lowest BCUT2D eigenvalue weighted by Crippen LogP contribution is -2.59. The first-order valence-corrected chi connectivity index (χ1v) is 10.4. The Kier molecular flexibility index (Phi) is 3.63. The van der Waals surface area contributed by atoms with E-state index >= 15 is 0 Å². The molecule has 3 fully saturated rings. The van der Waals surface area contributed by atoms with E-state index in [9.17, 15) is 15.1 Å². The van der Waals surface area contributed by atoms with E-state index in [1.165, 1.54) is 22.7 Å². The van der Waals surface area contributed by atoms with E-state index in [1.54, 1.807) is 31.3 Å². The van der Waals surface area contributed by atoms with Crippen molar-refractivity contribution in [1.82, 2.24) is 0 Å². The minimum absolute atomic E-state index is 0.000298. The molecule has 1 unspecified atom stereocenters. The fourth-order valence-electron chi connectivity index (χ4n) is 4.53. The Morgan fingerprint density at radius 1 is 1.23 bits per heavy atom. The molecule has 0 amide bonds. The van der Waals surface area contributed by atoms with Gasteiger partial charge in [0, 0.05) is 12.8 Å². The van der Waals surface area contributed by atoms with Crippen LogP contribution in [0.2, 0.25) is 0 Å². The van der Waals surface area contributed by atoms with E-state index < -0.39 is 11.6 Å². The van der Waals surface area contributed by atoms with Crippen LogP contribution in [0.25, 0.3) is 0 Å². The zero-order valence-electron chi connectivity index (χ0n) is 14.1. The molecule has 2 aromatic rings. The van der Waals surface area contributed by atoms with E-state index in [1.807, 2.05) is 10.8 Å². The summed E-state index contributed by atoms with van der Waals surface area (Å²) in [4.78, 5) is 14.1. The Balaban J connectivity index is 1.40. The van der Waals surface area contributed by atoms with Crippen LogP contribution in [0, 0.1) is 5.21 Å². The van der Waals surface area contributed by atoms with Crippen molar-refractivity contribution < 1.29 is 24.0 Å². The molecule has 2 bridgehead atoms. The molecule has 0 aromatic carbocycles. The number of esters is 1. The van der Waals surface area contributed by atoms with Gasteiger partial charge < -0.3 is 24.4 Å². The van der Waals surface area contributed by atoms with Gasteiger partial charge in [-0.2, -0.15) is 0 Å². The Hall–Kier alpha value is -1.29. The third kappa shape index (κ3) is 2.27. The van der Waals surface area contributed by atoms with Crippen molar-refractivity contribution in [2.75, 3.05) is 7.05 Å². The van der Waals surface area contributed by atoms with Gasteiger partial charge in [-0.15, -0.1) is 22.7 Å². The Bertz CT molecular complexity index is 765. The lowest BCUT2D eigenvalue weighted by Gasteiger charge is -2.51. The van der Waals surface area contributed by atoms with E-state index in [2.05, 4.69) is 0 Å². The summed E-state index contributed by atoms with van der Waals surface area (Å²) < 4.78 is 11.1. The fourth-order valence-corrected chi connectivity index (χ4v) is 6.24. The molecule has 26 heavy (non-hydrogen) atoms. The van der Waals surface area contributed by atoms with Gasteiger partial charge in [-0.1, -0.05) is 12.1 Å². The number of rotatable bonds is 4. The van der Waals surface area contributed by atoms with Gasteiger partial charge >= 0.3 is 5.97 Å². The molecular formula is C18H19NO5S2. The number of hydrogen-bond donors (Lipinski definition) is 1. The number of piperidine rings is 1. The summed E-state index contributed by atoms with van der Waals surface area (Å²) in [5.41, 5.74) is -1.80. The van der Waals surface area contributed by atoms with Crippen LogP contribution < -0.4 is 0 Å². The third-order valence-corrected chi connectivity index (χ3v) is 7.93. The average molecular weight is 393 g/mol. The lowest BCUT2D eigenvalue weighted by atomic mass is 9.97. The van der Waals surface area contributed by atoms with Crippen LogP contribution in [0.1, 0.15) is 22.6 Å². The Morgan fingerprint density at radius 2 is 1.77 bits per heavy atom. The number of aliphatic hydroxyl groups is 1. The SMILES string of the molecule is C[N+]1([O-])[C@@H]2C[C@@H](OC(=O)C(O)(c3cccs3)c3cccs3)C[C@H]1[C@@H]1O[C@@H]12. The fraction of sp³-hybridized carbons (Fsp3) is 0.500. The average Bonchev–Trinajstić information content (AvgIpc) is 2.98. The normalized spacial score (nSPS) is 38.0. The number of epoxide rings is 1. The first-order chi connectivity index (χ1) is 12.4. The molecule has 5 heterocycles. The number of quaternary nitrogens is 1. The van der Waals surface area contributed by atoms with Crippen LogP contribution in [-0.4, -0.2) is 53.2 Å². The molecule has 0 aliphatic carbocycles. The number of fused-ring (bicyclic) bond motifs is 5. The summed E-state index contributed by atoms with van der Waals surface area (Å²) in [6, 6.07) is 6.71. The van der Waals surface area contributed by atoms with Gasteiger partial charge in [0.25, 0.3) is 0 Å².